The second-order valence-electron chi connectivity index (χ2n) is 3.84. The summed E-state index contributed by atoms with van der Waals surface area (Å²) in [5.41, 5.74) is 0.469. The molecule has 1 unspecified atom stereocenters. The summed E-state index contributed by atoms with van der Waals surface area (Å²) < 4.78 is 39.0. The third kappa shape index (κ3) is 1.85. The predicted octanol–water partition coefficient (Wildman–Crippen LogP) is 3.25. The normalized spacial score (nSPS) is 17.4. The molecule has 0 fully saturated rings. The lowest BCUT2D eigenvalue weighted by Crippen LogP contribution is -2.06. The molecule has 1 atom stereocenters. The minimum absolute atomic E-state index is 0.202. The van der Waals surface area contributed by atoms with Crippen LogP contribution in [0.2, 0.25) is 0 Å². The van der Waals surface area contributed by atoms with Crippen molar-refractivity contribution in [2.24, 2.45) is 0 Å². The van der Waals surface area contributed by atoms with Crippen molar-refractivity contribution in [3.8, 4) is 0 Å². The maximum absolute atomic E-state index is 13.4. The number of allylic oxidation sites excluding steroid dienone is 1. The lowest BCUT2D eigenvalue weighted by atomic mass is 10.0. The van der Waals surface area contributed by atoms with Gasteiger partial charge in [0.25, 0.3) is 0 Å². The standard InChI is InChI=1S/C12H11F3O/c13-9-6-5-8(10(14)11(9)15)12(16)7-3-1-2-4-7/h3,5-6,12,16H,1-2,4H2. The second-order valence-corrected chi connectivity index (χ2v) is 3.84. The summed E-state index contributed by atoms with van der Waals surface area (Å²) in [6.07, 6.45) is 3.04. The first kappa shape index (κ1) is 11.2. The Morgan fingerprint density at radius 1 is 1.12 bits per heavy atom. The molecule has 4 heteroatoms. The van der Waals surface area contributed by atoms with Gasteiger partial charge in [0.1, 0.15) is 6.10 Å². The first-order valence-corrected chi connectivity index (χ1v) is 5.11. The first-order valence-electron chi connectivity index (χ1n) is 5.11. The quantitative estimate of drug-likeness (QED) is 0.608. The molecule has 0 amide bonds. The first-order chi connectivity index (χ1) is 7.61. The minimum Gasteiger partial charge on any atom is -0.384 e. The average molecular weight is 228 g/mol. The smallest absolute Gasteiger partial charge is 0.194 e. The summed E-state index contributed by atoms with van der Waals surface area (Å²) in [7, 11) is 0. The molecule has 16 heavy (non-hydrogen) atoms. The monoisotopic (exact) mass is 228 g/mol. The number of aliphatic hydroxyl groups excluding tert-OH is 1. The van der Waals surface area contributed by atoms with Gasteiger partial charge in [-0.2, -0.15) is 0 Å². The van der Waals surface area contributed by atoms with Crippen LogP contribution in [0, 0.1) is 17.5 Å². The van der Waals surface area contributed by atoms with Crippen LogP contribution in [-0.4, -0.2) is 5.11 Å². The fourth-order valence-electron chi connectivity index (χ4n) is 1.90. The van der Waals surface area contributed by atoms with E-state index in [1.165, 1.54) is 0 Å². The van der Waals surface area contributed by atoms with Crippen LogP contribution in [0.15, 0.2) is 23.8 Å². The molecule has 2 rings (SSSR count). The molecule has 1 aromatic rings. The molecule has 0 radical (unpaired) electrons. The van der Waals surface area contributed by atoms with Gasteiger partial charge in [-0.05, 0) is 30.9 Å². The minimum atomic E-state index is -1.53. The van der Waals surface area contributed by atoms with Crippen molar-refractivity contribution in [2.75, 3.05) is 0 Å². The van der Waals surface area contributed by atoms with Gasteiger partial charge < -0.3 is 5.11 Å². The Kier molecular flexibility index (Phi) is 3.01. The third-order valence-corrected chi connectivity index (χ3v) is 2.79. The third-order valence-electron chi connectivity index (χ3n) is 2.79. The van der Waals surface area contributed by atoms with Crippen molar-refractivity contribution in [3.05, 3.63) is 46.8 Å². The SMILES string of the molecule is OC(C1=CCCC1)c1ccc(F)c(F)c1F. The molecule has 0 saturated heterocycles. The molecule has 0 spiro atoms. The average Bonchev–Trinajstić information content (AvgIpc) is 2.79. The molecule has 1 N–H and O–H groups in total. The molecular formula is C12H11F3O. The van der Waals surface area contributed by atoms with E-state index < -0.39 is 23.6 Å². The molecular weight excluding hydrogens is 217 g/mol. The molecule has 1 nitrogen and oxygen atoms in total. The van der Waals surface area contributed by atoms with E-state index in [4.69, 9.17) is 0 Å². The maximum Gasteiger partial charge on any atom is 0.194 e. The molecule has 1 aliphatic carbocycles. The summed E-state index contributed by atoms with van der Waals surface area (Å²) in [5.74, 6) is -4.08. The Bertz CT molecular complexity index is 440. The molecule has 0 aromatic heterocycles. The molecule has 86 valence electrons. The van der Waals surface area contributed by atoms with Crippen LogP contribution < -0.4 is 0 Å². The molecule has 1 aliphatic rings. The zero-order valence-electron chi connectivity index (χ0n) is 8.51. The molecule has 0 aliphatic heterocycles. The molecule has 0 saturated carbocycles. The van der Waals surface area contributed by atoms with E-state index in [-0.39, 0.29) is 5.56 Å². The highest BCUT2D eigenvalue weighted by Crippen LogP contribution is 2.32. The van der Waals surface area contributed by atoms with Crippen molar-refractivity contribution in [1.82, 2.24) is 0 Å². The van der Waals surface area contributed by atoms with Crippen molar-refractivity contribution in [2.45, 2.75) is 25.4 Å². The maximum atomic E-state index is 13.4. The fourth-order valence-corrected chi connectivity index (χ4v) is 1.90. The summed E-state index contributed by atoms with van der Waals surface area (Å²) in [5, 5.41) is 9.82. The summed E-state index contributed by atoms with van der Waals surface area (Å²) >= 11 is 0. The second kappa shape index (κ2) is 4.29. The number of halogens is 3. The Hall–Kier alpha value is -1.29. The van der Waals surface area contributed by atoms with Gasteiger partial charge in [0.2, 0.25) is 0 Å². The van der Waals surface area contributed by atoms with Crippen LogP contribution in [0.1, 0.15) is 30.9 Å². The van der Waals surface area contributed by atoms with Gasteiger partial charge in [-0.15, -0.1) is 0 Å². The summed E-state index contributed by atoms with van der Waals surface area (Å²) in [6.45, 7) is 0. The van der Waals surface area contributed by atoms with Gasteiger partial charge in [-0.1, -0.05) is 12.1 Å². The van der Waals surface area contributed by atoms with Gasteiger partial charge >= 0.3 is 0 Å². The number of hydrogen-bond donors (Lipinski definition) is 1. The Labute approximate surface area is 91.2 Å². The van der Waals surface area contributed by atoms with Gasteiger partial charge in [-0.3, -0.25) is 0 Å². The van der Waals surface area contributed by atoms with E-state index in [1.807, 2.05) is 6.08 Å². The number of hydrogen-bond acceptors (Lipinski definition) is 1. The molecule has 1 aromatic carbocycles. The number of rotatable bonds is 2. The van der Waals surface area contributed by atoms with E-state index in [2.05, 4.69) is 0 Å². The van der Waals surface area contributed by atoms with Crippen LogP contribution in [0.25, 0.3) is 0 Å². The lowest BCUT2D eigenvalue weighted by Gasteiger charge is -2.13. The van der Waals surface area contributed by atoms with E-state index in [0.29, 0.717) is 12.0 Å². The Morgan fingerprint density at radius 3 is 2.50 bits per heavy atom. The zero-order chi connectivity index (χ0) is 11.7. The van der Waals surface area contributed by atoms with Crippen LogP contribution in [-0.2, 0) is 0 Å². The predicted molar refractivity (Wildman–Crippen MR) is 53.2 cm³/mol. The Balaban J connectivity index is 2.37. The van der Waals surface area contributed by atoms with Crippen molar-refractivity contribution in [3.63, 3.8) is 0 Å². The van der Waals surface area contributed by atoms with Crippen molar-refractivity contribution >= 4 is 0 Å². The van der Waals surface area contributed by atoms with Crippen LogP contribution >= 0.6 is 0 Å². The summed E-state index contributed by atoms with van der Waals surface area (Å²) in [4.78, 5) is 0. The molecule has 0 bridgehead atoms. The fraction of sp³-hybridized carbons (Fsp3) is 0.333. The van der Waals surface area contributed by atoms with Gasteiger partial charge in [-0.25, -0.2) is 13.2 Å². The molecule has 0 heterocycles. The highest BCUT2D eigenvalue weighted by atomic mass is 19.2. The number of benzene rings is 1. The lowest BCUT2D eigenvalue weighted by molar-refractivity contribution is 0.205. The summed E-state index contributed by atoms with van der Waals surface area (Å²) in [6, 6.07) is 1.91. The van der Waals surface area contributed by atoms with Crippen LogP contribution in [0.3, 0.4) is 0 Å². The van der Waals surface area contributed by atoms with E-state index in [9.17, 15) is 18.3 Å². The Morgan fingerprint density at radius 2 is 1.88 bits per heavy atom. The van der Waals surface area contributed by atoms with E-state index in [1.54, 1.807) is 0 Å². The van der Waals surface area contributed by atoms with E-state index in [0.717, 1.165) is 25.0 Å². The van der Waals surface area contributed by atoms with Crippen molar-refractivity contribution in [1.29, 1.82) is 0 Å². The highest BCUT2D eigenvalue weighted by Gasteiger charge is 2.22. The van der Waals surface area contributed by atoms with E-state index >= 15 is 0 Å². The highest BCUT2D eigenvalue weighted by molar-refractivity contribution is 5.30. The van der Waals surface area contributed by atoms with Crippen LogP contribution in [0.5, 0.6) is 0 Å². The van der Waals surface area contributed by atoms with Crippen LogP contribution in [0.4, 0.5) is 13.2 Å². The largest absolute Gasteiger partial charge is 0.384 e. The topological polar surface area (TPSA) is 20.2 Å². The van der Waals surface area contributed by atoms with Gasteiger partial charge in [0, 0.05) is 5.56 Å². The van der Waals surface area contributed by atoms with Crippen molar-refractivity contribution < 1.29 is 18.3 Å². The zero-order valence-corrected chi connectivity index (χ0v) is 8.51. The van der Waals surface area contributed by atoms with Gasteiger partial charge in [0.05, 0.1) is 0 Å². The number of aliphatic hydroxyl groups is 1. The van der Waals surface area contributed by atoms with Gasteiger partial charge in [0.15, 0.2) is 17.5 Å².